The van der Waals surface area contributed by atoms with Gasteiger partial charge in [0.1, 0.15) is 0 Å². The number of unbranched alkanes of at least 4 members (excludes halogenated alkanes) is 3. The molecule has 0 aliphatic rings. The molecule has 0 radical (unpaired) electrons. The molecule has 0 bridgehead atoms. The first-order valence-electron chi connectivity index (χ1n) is 9.24. The van der Waals surface area contributed by atoms with Crippen molar-refractivity contribution in [2.24, 2.45) is 0 Å². The molecule has 0 spiro atoms. The minimum atomic E-state index is -0.739. The average Bonchev–Trinajstić information content (AvgIpc) is 2.56. The minimum absolute atomic E-state index is 0.213. The Hall–Kier alpha value is -1.83. The van der Waals surface area contributed by atoms with Crippen LogP contribution in [0.2, 0.25) is 0 Å². The number of hydrogen-bond donors (Lipinski definition) is 1. The fraction of sp³-hybridized carbons (Fsp3) is 0.500. The highest BCUT2D eigenvalue weighted by atomic mass is 16.4. The second-order valence-electron chi connectivity index (χ2n) is 5.73. The molecule has 0 aliphatic heterocycles. The Labute approximate surface area is 148 Å². The molecule has 2 heteroatoms. The Balaban J connectivity index is 3.46. The third-order valence-corrected chi connectivity index (χ3v) is 3.42. The molecule has 0 aromatic heterocycles. The highest BCUT2D eigenvalue weighted by Crippen LogP contribution is 2.01. The molecule has 0 saturated carbocycles. The number of allylic oxidation sites excluding steroid dienone is 10. The van der Waals surface area contributed by atoms with E-state index in [1.165, 1.54) is 25.7 Å². The monoisotopic (exact) mass is 330 g/mol. The molecule has 0 aliphatic carbocycles. The van der Waals surface area contributed by atoms with Gasteiger partial charge in [-0.15, -0.1) is 0 Å². The van der Waals surface area contributed by atoms with Crippen LogP contribution in [0.15, 0.2) is 60.8 Å². The normalized spacial score (nSPS) is 12.7. The van der Waals surface area contributed by atoms with Gasteiger partial charge in [-0.25, -0.2) is 0 Å². The molecule has 0 aromatic rings. The fourth-order valence-electron chi connectivity index (χ4n) is 2.04. The van der Waals surface area contributed by atoms with Crippen LogP contribution in [0.1, 0.15) is 71.1 Å². The Morgan fingerprint density at radius 1 is 0.667 bits per heavy atom. The highest BCUT2D eigenvalue weighted by molar-refractivity contribution is 5.66. The van der Waals surface area contributed by atoms with Crippen LogP contribution in [-0.4, -0.2) is 11.1 Å². The second-order valence-corrected chi connectivity index (χ2v) is 5.73. The Morgan fingerprint density at radius 2 is 1.08 bits per heavy atom. The van der Waals surface area contributed by atoms with Gasteiger partial charge in [0, 0.05) is 6.42 Å². The molecular formula is C22H34O2. The summed E-state index contributed by atoms with van der Waals surface area (Å²) < 4.78 is 0. The summed E-state index contributed by atoms with van der Waals surface area (Å²) in [6.45, 7) is 2.23. The summed E-state index contributed by atoms with van der Waals surface area (Å²) in [5.41, 5.74) is 0. The molecule has 0 heterocycles. The predicted octanol–water partition coefficient (Wildman–Crippen LogP) is 6.77. The molecule has 0 atom stereocenters. The maximum Gasteiger partial charge on any atom is 0.303 e. The lowest BCUT2D eigenvalue weighted by molar-refractivity contribution is -0.136. The van der Waals surface area contributed by atoms with Gasteiger partial charge in [0.25, 0.3) is 0 Å². The van der Waals surface area contributed by atoms with Crippen LogP contribution in [-0.2, 0) is 4.79 Å². The highest BCUT2D eigenvalue weighted by Gasteiger charge is 1.90. The summed E-state index contributed by atoms with van der Waals surface area (Å²) in [7, 11) is 0. The van der Waals surface area contributed by atoms with Crippen LogP contribution in [0.4, 0.5) is 0 Å². The number of rotatable bonds is 15. The van der Waals surface area contributed by atoms with Crippen molar-refractivity contribution in [2.45, 2.75) is 71.1 Å². The standard InChI is InChI=1S/C22H34O2/c1-2-3-4-5-6-7-8-9-10-11-12-13-14-15-16-17-18-19-20-21-22(23)24/h6-7,9-10,12-13,15-16,18-19H,2-5,8,11,14,17,20-21H2,1H3,(H,23,24)/b7-6+,10-9+,13-12+,16-15+,19-18+. The van der Waals surface area contributed by atoms with Crippen LogP contribution in [0.25, 0.3) is 0 Å². The summed E-state index contributed by atoms with van der Waals surface area (Å²) in [5, 5.41) is 8.49. The lowest BCUT2D eigenvalue weighted by atomic mass is 10.2. The molecule has 0 aromatic carbocycles. The van der Waals surface area contributed by atoms with Crippen molar-refractivity contribution < 1.29 is 9.90 Å². The third-order valence-electron chi connectivity index (χ3n) is 3.42. The predicted molar refractivity (Wildman–Crippen MR) is 105 cm³/mol. The van der Waals surface area contributed by atoms with Crippen molar-refractivity contribution in [2.75, 3.05) is 0 Å². The maximum absolute atomic E-state index is 10.3. The summed E-state index contributed by atoms with van der Waals surface area (Å²) in [5.74, 6) is -0.739. The van der Waals surface area contributed by atoms with E-state index in [0.29, 0.717) is 6.42 Å². The van der Waals surface area contributed by atoms with Crippen molar-refractivity contribution in [1.82, 2.24) is 0 Å². The lowest BCUT2D eigenvalue weighted by Gasteiger charge is -1.90. The topological polar surface area (TPSA) is 37.3 Å². The second kappa shape index (κ2) is 19.2. The first-order valence-corrected chi connectivity index (χ1v) is 9.24. The average molecular weight is 331 g/mol. The van der Waals surface area contributed by atoms with Crippen molar-refractivity contribution in [3.8, 4) is 0 Å². The Bertz CT molecular complexity index is 425. The van der Waals surface area contributed by atoms with E-state index < -0.39 is 5.97 Å². The van der Waals surface area contributed by atoms with Gasteiger partial charge in [-0.3, -0.25) is 4.79 Å². The number of carbonyl (C=O) groups is 1. The van der Waals surface area contributed by atoms with E-state index in [2.05, 4.69) is 55.5 Å². The molecular weight excluding hydrogens is 296 g/mol. The number of aliphatic carboxylic acids is 1. The molecule has 0 fully saturated rings. The van der Waals surface area contributed by atoms with Crippen molar-refractivity contribution in [3.63, 3.8) is 0 Å². The molecule has 24 heavy (non-hydrogen) atoms. The van der Waals surface area contributed by atoms with Gasteiger partial charge in [0.05, 0.1) is 0 Å². The largest absolute Gasteiger partial charge is 0.481 e. The van der Waals surface area contributed by atoms with Gasteiger partial charge in [-0.2, -0.15) is 0 Å². The van der Waals surface area contributed by atoms with Gasteiger partial charge in [0.2, 0.25) is 0 Å². The van der Waals surface area contributed by atoms with Gasteiger partial charge in [-0.05, 0) is 44.9 Å². The number of carboxylic acid groups (broad SMARTS) is 1. The summed E-state index contributed by atoms with van der Waals surface area (Å²) in [4.78, 5) is 10.3. The lowest BCUT2D eigenvalue weighted by Crippen LogP contribution is -1.91. The van der Waals surface area contributed by atoms with E-state index in [1.807, 2.05) is 12.2 Å². The molecule has 0 unspecified atom stereocenters. The summed E-state index contributed by atoms with van der Waals surface area (Å²) >= 11 is 0. The van der Waals surface area contributed by atoms with E-state index in [9.17, 15) is 4.79 Å². The molecule has 0 saturated heterocycles. The minimum Gasteiger partial charge on any atom is -0.481 e. The van der Waals surface area contributed by atoms with E-state index in [0.717, 1.165) is 25.7 Å². The van der Waals surface area contributed by atoms with Gasteiger partial charge < -0.3 is 5.11 Å². The van der Waals surface area contributed by atoms with Gasteiger partial charge in [0.15, 0.2) is 0 Å². The molecule has 0 amide bonds. The van der Waals surface area contributed by atoms with Crippen molar-refractivity contribution in [1.29, 1.82) is 0 Å². The van der Waals surface area contributed by atoms with Crippen LogP contribution in [0.5, 0.6) is 0 Å². The van der Waals surface area contributed by atoms with Crippen LogP contribution in [0, 0.1) is 0 Å². The molecule has 2 nitrogen and oxygen atoms in total. The molecule has 134 valence electrons. The summed E-state index contributed by atoms with van der Waals surface area (Å²) in [6, 6.07) is 0. The first-order chi connectivity index (χ1) is 11.8. The van der Waals surface area contributed by atoms with E-state index in [4.69, 9.17) is 5.11 Å². The maximum atomic E-state index is 10.3. The quantitative estimate of drug-likeness (QED) is 0.265. The van der Waals surface area contributed by atoms with Gasteiger partial charge >= 0.3 is 5.97 Å². The number of carboxylic acids is 1. The number of hydrogen-bond acceptors (Lipinski definition) is 1. The zero-order valence-electron chi connectivity index (χ0n) is 15.2. The van der Waals surface area contributed by atoms with E-state index >= 15 is 0 Å². The van der Waals surface area contributed by atoms with E-state index in [-0.39, 0.29) is 6.42 Å². The van der Waals surface area contributed by atoms with Crippen molar-refractivity contribution >= 4 is 5.97 Å². The molecule has 1 N–H and O–H groups in total. The molecule has 0 rings (SSSR count). The van der Waals surface area contributed by atoms with Crippen LogP contribution in [0.3, 0.4) is 0 Å². The first kappa shape index (κ1) is 22.2. The van der Waals surface area contributed by atoms with Crippen molar-refractivity contribution in [3.05, 3.63) is 60.8 Å². The smallest absolute Gasteiger partial charge is 0.303 e. The van der Waals surface area contributed by atoms with Gasteiger partial charge in [-0.1, -0.05) is 80.5 Å². The summed E-state index contributed by atoms with van der Waals surface area (Å²) in [6.07, 6.45) is 31.4. The third kappa shape index (κ3) is 20.2. The van der Waals surface area contributed by atoms with Crippen LogP contribution >= 0.6 is 0 Å². The fourth-order valence-corrected chi connectivity index (χ4v) is 2.04. The van der Waals surface area contributed by atoms with E-state index in [1.54, 1.807) is 0 Å². The zero-order valence-corrected chi connectivity index (χ0v) is 15.2. The zero-order chi connectivity index (χ0) is 17.7. The Morgan fingerprint density at radius 3 is 1.50 bits per heavy atom. The SMILES string of the molecule is CCCCC/C=C/C/C=C/C/C=C/C/C=C/C/C=C/CCC(=O)O. The Kier molecular flexibility index (Phi) is 17.8. The van der Waals surface area contributed by atoms with Crippen LogP contribution < -0.4 is 0 Å².